The minimum atomic E-state index is 0.831. The van der Waals surface area contributed by atoms with Gasteiger partial charge in [-0.3, -0.25) is 0 Å². The van der Waals surface area contributed by atoms with E-state index in [1.54, 1.807) is 11.8 Å². The van der Waals surface area contributed by atoms with Crippen molar-refractivity contribution in [3.8, 4) is 0 Å². The molecule has 2 aromatic rings. The average Bonchev–Trinajstić information content (AvgIpc) is 2.85. The van der Waals surface area contributed by atoms with Gasteiger partial charge in [0.25, 0.3) is 0 Å². The molecule has 0 saturated heterocycles. The van der Waals surface area contributed by atoms with Crippen LogP contribution in [-0.4, -0.2) is 9.97 Å². The van der Waals surface area contributed by atoms with Crippen LogP contribution in [0, 0.1) is 13.8 Å². The normalized spacial score (nSPS) is 13.6. The maximum atomic E-state index is 4.66. The summed E-state index contributed by atoms with van der Waals surface area (Å²) in [6, 6.07) is 8.55. The predicted octanol–water partition coefficient (Wildman–Crippen LogP) is 2.99. The highest BCUT2D eigenvalue weighted by atomic mass is 32.2. The zero-order chi connectivity index (χ0) is 13.2. The Morgan fingerprint density at radius 1 is 1.21 bits per heavy atom. The quantitative estimate of drug-likeness (QED) is 0.871. The van der Waals surface area contributed by atoms with E-state index in [4.69, 9.17) is 0 Å². The largest absolute Gasteiger partial charge is 0.307 e. The van der Waals surface area contributed by atoms with Crippen molar-refractivity contribution < 1.29 is 0 Å². The predicted molar refractivity (Wildman–Crippen MR) is 78.1 cm³/mol. The molecule has 98 valence electrons. The summed E-state index contributed by atoms with van der Waals surface area (Å²) in [7, 11) is 0. The molecule has 0 atom stereocenters. The Labute approximate surface area is 117 Å². The monoisotopic (exact) mass is 271 g/mol. The summed E-state index contributed by atoms with van der Waals surface area (Å²) in [6.07, 6.45) is 0. The molecule has 4 heteroatoms. The third-order valence-electron chi connectivity index (χ3n) is 3.30. The van der Waals surface area contributed by atoms with Crippen LogP contribution in [0.25, 0.3) is 0 Å². The second-order valence-electron chi connectivity index (χ2n) is 4.86. The van der Waals surface area contributed by atoms with Gasteiger partial charge in [0.2, 0.25) is 0 Å². The standard InChI is InChI=1S/C15H17N3S/c1-10-4-3-5-12(6-10)19-9-15-17-11(2)13-7-16-8-14(13)18-15/h3-6,16H,7-9H2,1-2H3. The zero-order valence-corrected chi connectivity index (χ0v) is 12.0. The summed E-state index contributed by atoms with van der Waals surface area (Å²) in [5, 5.41) is 3.33. The van der Waals surface area contributed by atoms with Gasteiger partial charge in [-0.15, -0.1) is 11.8 Å². The van der Waals surface area contributed by atoms with Crippen molar-refractivity contribution in [1.29, 1.82) is 0 Å². The Morgan fingerprint density at radius 2 is 2.11 bits per heavy atom. The molecular weight excluding hydrogens is 254 g/mol. The topological polar surface area (TPSA) is 37.8 Å². The zero-order valence-electron chi connectivity index (χ0n) is 11.2. The molecule has 2 heterocycles. The molecule has 3 rings (SSSR count). The van der Waals surface area contributed by atoms with Crippen LogP contribution in [0.4, 0.5) is 0 Å². The second-order valence-corrected chi connectivity index (χ2v) is 5.91. The molecule has 1 aromatic carbocycles. The fourth-order valence-corrected chi connectivity index (χ4v) is 3.19. The van der Waals surface area contributed by atoms with Crippen molar-refractivity contribution in [2.24, 2.45) is 0 Å². The molecule has 1 aliphatic heterocycles. The van der Waals surface area contributed by atoms with Crippen LogP contribution < -0.4 is 5.32 Å². The molecule has 1 N–H and O–H groups in total. The second kappa shape index (κ2) is 5.31. The number of fused-ring (bicyclic) bond motifs is 1. The minimum Gasteiger partial charge on any atom is -0.307 e. The maximum absolute atomic E-state index is 4.66. The van der Waals surface area contributed by atoms with E-state index in [1.165, 1.54) is 21.7 Å². The molecule has 3 nitrogen and oxygen atoms in total. The minimum absolute atomic E-state index is 0.831. The molecule has 1 aliphatic rings. The molecule has 0 spiro atoms. The molecule has 0 aliphatic carbocycles. The van der Waals surface area contributed by atoms with Gasteiger partial charge in [-0.2, -0.15) is 0 Å². The highest BCUT2D eigenvalue weighted by molar-refractivity contribution is 7.98. The van der Waals surface area contributed by atoms with E-state index < -0.39 is 0 Å². The molecule has 0 fully saturated rings. The van der Waals surface area contributed by atoms with Crippen molar-refractivity contribution in [3.05, 3.63) is 52.6 Å². The van der Waals surface area contributed by atoms with Gasteiger partial charge in [-0.25, -0.2) is 9.97 Å². The summed E-state index contributed by atoms with van der Waals surface area (Å²) >= 11 is 1.80. The van der Waals surface area contributed by atoms with E-state index in [-0.39, 0.29) is 0 Å². The van der Waals surface area contributed by atoms with Crippen molar-refractivity contribution in [2.75, 3.05) is 0 Å². The SMILES string of the molecule is Cc1cccc(SCc2nc(C)c3c(n2)CNC3)c1. The highest BCUT2D eigenvalue weighted by Crippen LogP contribution is 2.24. The molecule has 0 radical (unpaired) electrons. The Hall–Kier alpha value is -1.39. The first kappa shape index (κ1) is 12.6. The van der Waals surface area contributed by atoms with E-state index >= 15 is 0 Å². The van der Waals surface area contributed by atoms with Crippen LogP contribution in [0.2, 0.25) is 0 Å². The van der Waals surface area contributed by atoms with Crippen LogP contribution in [0.3, 0.4) is 0 Å². The first-order valence-electron chi connectivity index (χ1n) is 6.48. The number of benzene rings is 1. The van der Waals surface area contributed by atoms with E-state index in [0.29, 0.717) is 0 Å². The number of hydrogen-bond donors (Lipinski definition) is 1. The lowest BCUT2D eigenvalue weighted by atomic mass is 10.2. The number of hydrogen-bond acceptors (Lipinski definition) is 4. The lowest BCUT2D eigenvalue weighted by Gasteiger charge is -2.06. The van der Waals surface area contributed by atoms with Crippen molar-refractivity contribution in [3.63, 3.8) is 0 Å². The fourth-order valence-electron chi connectivity index (χ4n) is 2.32. The molecule has 1 aromatic heterocycles. The van der Waals surface area contributed by atoms with Gasteiger partial charge in [0.1, 0.15) is 5.82 Å². The van der Waals surface area contributed by atoms with Crippen molar-refractivity contribution in [1.82, 2.24) is 15.3 Å². The van der Waals surface area contributed by atoms with Crippen molar-refractivity contribution >= 4 is 11.8 Å². The molecule has 0 bridgehead atoms. The lowest BCUT2D eigenvalue weighted by molar-refractivity contribution is 0.756. The number of nitrogens with zero attached hydrogens (tertiary/aromatic N) is 2. The number of aryl methyl sites for hydroxylation is 2. The van der Waals surface area contributed by atoms with Gasteiger partial charge in [-0.1, -0.05) is 17.7 Å². The fraction of sp³-hybridized carbons (Fsp3) is 0.333. The summed E-state index contributed by atoms with van der Waals surface area (Å²) in [5.41, 5.74) is 4.87. The van der Waals surface area contributed by atoms with Crippen LogP contribution in [0.1, 0.15) is 28.3 Å². The third-order valence-corrected chi connectivity index (χ3v) is 4.29. The van der Waals surface area contributed by atoms with Gasteiger partial charge in [0, 0.05) is 29.2 Å². The van der Waals surface area contributed by atoms with E-state index in [1.807, 2.05) is 0 Å². The van der Waals surface area contributed by atoms with E-state index in [9.17, 15) is 0 Å². The first-order valence-corrected chi connectivity index (χ1v) is 7.46. The Bertz CT molecular complexity index is 610. The molecule has 0 unspecified atom stereocenters. The number of aromatic nitrogens is 2. The lowest BCUT2D eigenvalue weighted by Crippen LogP contribution is -2.02. The average molecular weight is 271 g/mol. The van der Waals surface area contributed by atoms with Crippen LogP contribution in [0.15, 0.2) is 29.2 Å². The molecule has 0 amide bonds. The van der Waals surface area contributed by atoms with Crippen LogP contribution in [0.5, 0.6) is 0 Å². The molecule has 19 heavy (non-hydrogen) atoms. The summed E-state index contributed by atoms with van der Waals surface area (Å²) in [4.78, 5) is 10.5. The Kier molecular flexibility index (Phi) is 3.53. The molecule has 0 saturated carbocycles. The maximum Gasteiger partial charge on any atom is 0.139 e. The smallest absolute Gasteiger partial charge is 0.139 e. The van der Waals surface area contributed by atoms with Crippen molar-refractivity contribution in [2.45, 2.75) is 37.6 Å². The number of nitrogens with one attached hydrogen (secondary N) is 1. The van der Waals surface area contributed by atoms with E-state index in [2.05, 4.69) is 53.4 Å². The van der Waals surface area contributed by atoms with E-state index in [0.717, 1.165) is 30.4 Å². The number of rotatable bonds is 3. The van der Waals surface area contributed by atoms with Crippen LogP contribution in [-0.2, 0) is 18.8 Å². The van der Waals surface area contributed by atoms with Gasteiger partial charge in [0.05, 0.1) is 11.4 Å². The Morgan fingerprint density at radius 3 is 2.95 bits per heavy atom. The van der Waals surface area contributed by atoms with Gasteiger partial charge >= 0.3 is 0 Å². The van der Waals surface area contributed by atoms with Gasteiger partial charge < -0.3 is 5.32 Å². The summed E-state index contributed by atoms with van der Waals surface area (Å²) in [5.74, 6) is 1.77. The first-order chi connectivity index (χ1) is 9.22. The Balaban J connectivity index is 1.76. The molecular formula is C15H17N3S. The van der Waals surface area contributed by atoms with Gasteiger partial charge in [0.15, 0.2) is 0 Å². The highest BCUT2D eigenvalue weighted by Gasteiger charge is 2.16. The van der Waals surface area contributed by atoms with Gasteiger partial charge in [-0.05, 0) is 26.0 Å². The summed E-state index contributed by atoms with van der Waals surface area (Å²) < 4.78 is 0. The number of thioether (sulfide) groups is 1. The van der Waals surface area contributed by atoms with Crippen LogP contribution >= 0.6 is 11.8 Å². The summed E-state index contributed by atoms with van der Waals surface area (Å²) in [6.45, 7) is 5.98. The third kappa shape index (κ3) is 2.80.